The number of carbonyl (C=O) groups excluding carboxylic acids is 2. The second kappa shape index (κ2) is 12.9. The molecule has 5 nitrogen and oxygen atoms in total. The smallest absolute Gasteiger partial charge is 0.330 e. The summed E-state index contributed by atoms with van der Waals surface area (Å²) in [5.74, 6) is 0.372. The van der Waals surface area contributed by atoms with E-state index in [1.54, 1.807) is 11.8 Å². The monoisotopic (exact) mass is 409 g/mol. The summed E-state index contributed by atoms with van der Waals surface area (Å²) in [6.45, 7) is 8.68. The van der Waals surface area contributed by atoms with Gasteiger partial charge in [-0.1, -0.05) is 51.8 Å². The van der Waals surface area contributed by atoms with Crippen LogP contribution in [0.25, 0.3) is 0 Å². The van der Waals surface area contributed by atoms with E-state index in [0.29, 0.717) is 11.5 Å². The zero-order valence-electron chi connectivity index (χ0n) is 18.1. The van der Waals surface area contributed by atoms with Gasteiger partial charge in [-0.2, -0.15) is 0 Å². The number of methoxy groups -OCH3 is 2. The summed E-state index contributed by atoms with van der Waals surface area (Å²) < 4.78 is 9.71. The molecule has 1 aliphatic rings. The number of nitrogens with one attached hydrogen (secondary N) is 1. The molecule has 0 spiro atoms. The van der Waals surface area contributed by atoms with Gasteiger partial charge in [0.05, 0.1) is 19.3 Å². The van der Waals surface area contributed by atoms with Crippen molar-refractivity contribution in [3.05, 3.63) is 27.2 Å². The molecule has 1 N–H and O–H groups in total. The maximum atomic E-state index is 12.6. The molecule has 0 fully saturated rings. The molecule has 0 aromatic heterocycles. The fourth-order valence-electron chi connectivity index (χ4n) is 3.25. The number of esters is 1. The Morgan fingerprint density at radius 1 is 1.21 bits per heavy atom. The van der Waals surface area contributed by atoms with Crippen LogP contribution in [0.5, 0.6) is 0 Å². The number of thioether (sulfide) groups is 1. The number of rotatable bonds is 12. The molecule has 0 bridgehead atoms. The third-order valence-corrected chi connectivity index (χ3v) is 6.23. The predicted molar refractivity (Wildman–Crippen MR) is 115 cm³/mol. The number of amides is 1. The molecule has 0 aliphatic carbocycles. The molecule has 2 unspecified atom stereocenters. The van der Waals surface area contributed by atoms with E-state index >= 15 is 0 Å². The number of carbonyl (C=O) groups is 2. The maximum absolute atomic E-state index is 12.6. The highest BCUT2D eigenvalue weighted by Crippen LogP contribution is 2.35. The largest absolute Gasteiger partial charge is 0.467 e. The van der Waals surface area contributed by atoms with Gasteiger partial charge in [-0.05, 0) is 37.0 Å². The molecule has 1 amide bonds. The Bertz CT molecular complexity index is 634. The fraction of sp³-hybridized carbons (Fsp3) is 0.682. The number of ether oxygens (including phenoxy) is 2. The van der Waals surface area contributed by atoms with Crippen LogP contribution in [0.15, 0.2) is 27.2 Å². The first kappa shape index (κ1) is 24.5. The summed E-state index contributed by atoms with van der Waals surface area (Å²) in [6.07, 6.45) is 6.12. The van der Waals surface area contributed by atoms with Crippen molar-refractivity contribution < 1.29 is 19.1 Å². The summed E-state index contributed by atoms with van der Waals surface area (Å²) in [4.78, 5) is 25.5. The quantitative estimate of drug-likeness (QED) is 0.377. The van der Waals surface area contributed by atoms with Crippen molar-refractivity contribution in [1.29, 1.82) is 0 Å². The lowest BCUT2D eigenvalue weighted by molar-refractivity contribution is -0.146. The van der Waals surface area contributed by atoms with Crippen LogP contribution in [0.2, 0.25) is 0 Å². The van der Waals surface area contributed by atoms with Crippen molar-refractivity contribution in [1.82, 2.24) is 5.32 Å². The summed E-state index contributed by atoms with van der Waals surface area (Å²) in [5.41, 5.74) is 4.71. The lowest BCUT2D eigenvalue weighted by atomic mass is 9.91. The molecule has 1 aliphatic heterocycles. The van der Waals surface area contributed by atoms with Crippen molar-refractivity contribution in [2.45, 2.75) is 65.8 Å². The Morgan fingerprint density at radius 3 is 2.46 bits per heavy atom. The lowest BCUT2D eigenvalue weighted by Gasteiger charge is -2.21. The van der Waals surface area contributed by atoms with E-state index < -0.39 is 12.0 Å². The van der Waals surface area contributed by atoms with Gasteiger partial charge in [-0.15, -0.1) is 5.73 Å². The molecule has 3 atom stereocenters. The van der Waals surface area contributed by atoms with Gasteiger partial charge in [0, 0.05) is 17.6 Å². The summed E-state index contributed by atoms with van der Waals surface area (Å²) in [6, 6.07) is -0.824. The Labute approximate surface area is 174 Å². The molecule has 6 heteroatoms. The predicted octanol–water partition coefficient (Wildman–Crippen LogP) is 4.59. The molecule has 1 heterocycles. The molecule has 0 saturated carbocycles. The first-order chi connectivity index (χ1) is 13.4. The minimum absolute atomic E-state index is 0.0656. The minimum Gasteiger partial charge on any atom is -0.467 e. The average Bonchev–Trinajstić information content (AvgIpc) is 2.69. The molecule has 0 aromatic carbocycles. The van der Waals surface area contributed by atoms with Gasteiger partial charge in [0.25, 0.3) is 5.91 Å². The van der Waals surface area contributed by atoms with Gasteiger partial charge in [-0.3, -0.25) is 4.79 Å². The van der Waals surface area contributed by atoms with Gasteiger partial charge in [0.1, 0.15) is 0 Å². The second-order valence-electron chi connectivity index (χ2n) is 7.31. The van der Waals surface area contributed by atoms with E-state index in [0.717, 1.165) is 17.9 Å². The molecule has 158 valence electrons. The zero-order valence-corrected chi connectivity index (χ0v) is 18.9. The Morgan fingerprint density at radius 2 is 1.93 bits per heavy atom. The highest BCUT2D eigenvalue weighted by Gasteiger charge is 2.25. The number of hydrogen-bond acceptors (Lipinski definition) is 5. The van der Waals surface area contributed by atoms with Crippen molar-refractivity contribution >= 4 is 23.6 Å². The first-order valence-corrected chi connectivity index (χ1v) is 11.0. The van der Waals surface area contributed by atoms with Crippen molar-refractivity contribution in [2.75, 3.05) is 20.8 Å². The van der Waals surface area contributed by atoms with Gasteiger partial charge in [0.2, 0.25) is 0 Å². The van der Waals surface area contributed by atoms with Crippen LogP contribution in [0.4, 0.5) is 0 Å². The molecular weight excluding hydrogens is 374 g/mol. The summed E-state index contributed by atoms with van der Waals surface area (Å²) in [7, 11) is 2.76. The third-order valence-electron chi connectivity index (χ3n) is 5.12. The van der Waals surface area contributed by atoms with Gasteiger partial charge in [0.15, 0.2) is 6.04 Å². The molecule has 0 aromatic rings. The van der Waals surface area contributed by atoms with Crippen LogP contribution in [0.1, 0.15) is 59.8 Å². The Hall–Kier alpha value is -1.49. The van der Waals surface area contributed by atoms with Crippen LogP contribution in [0, 0.1) is 11.8 Å². The first-order valence-electron chi connectivity index (χ1n) is 10.1. The average molecular weight is 410 g/mol. The second-order valence-corrected chi connectivity index (χ2v) is 8.22. The van der Waals surface area contributed by atoms with Gasteiger partial charge in [-0.25, -0.2) is 4.79 Å². The van der Waals surface area contributed by atoms with Gasteiger partial charge >= 0.3 is 5.97 Å². The standard InChI is InChI=1S/C22H35NO4S/c1-7-9-17(8-2)11-10-15(3)20-12-16(4)18(14-28-20)21(24)23-19(13-26-5)22(25)27-6/h14-15,17,19H,7-11,13H2,1-6H3,(H,23,24)/t15?,17?,19-/m0/s1. The third kappa shape index (κ3) is 7.50. The van der Waals surface area contributed by atoms with Crippen LogP contribution < -0.4 is 5.32 Å². The van der Waals surface area contributed by atoms with Crippen molar-refractivity contribution in [2.24, 2.45) is 11.8 Å². The fourth-order valence-corrected chi connectivity index (χ4v) is 4.34. The Kier molecular flexibility index (Phi) is 11.3. The number of hydrogen-bond donors (Lipinski definition) is 1. The molecule has 0 radical (unpaired) electrons. The van der Waals surface area contributed by atoms with E-state index in [1.165, 1.54) is 44.8 Å². The zero-order chi connectivity index (χ0) is 21.1. The van der Waals surface area contributed by atoms with E-state index in [2.05, 4.69) is 31.8 Å². The van der Waals surface area contributed by atoms with Crippen molar-refractivity contribution in [3.63, 3.8) is 0 Å². The summed E-state index contributed by atoms with van der Waals surface area (Å²) >= 11 is 1.55. The SMILES string of the molecule is CCCC(CC)CCC(C)C1=C=C(C)C(C(=O)N[C@@H](COC)C(=O)OC)=CS1. The molecular formula is C22H35NO4S. The Balaban J connectivity index is 2.77. The highest BCUT2D eigenvalue weighted by atomic mass is 32.2. The van der Waals surface area contributed by atoms with Crippen LogP contribution >= 0.6 is 11.8 Å². The van der Waals surface area contributed by atoms with E-state index in [1.807, 2.05) is 12.3 Å². The van der Waals surface area contributed by atoms with Gasteiger partial charge < -0.3 is 14.8 Å². The van der Waals surface area contributed by atoms with E-state index in [-0.39, 0.29) is 12.5 Å². The molecule has 0 saturated heterocycles. The maximum Gasteiger partial charge on any atom is 0.330 e. The van der Waals surface area contributed by atoms with Crippen LogP contribution in [-0.4, -0.2) is 38.7 Å². The lowest BCUT2D eigenvalue weighted by Crippen LogP contribution is -2.45. The van der Waals surface area contributed by atoms with E-state index in [4.69, 9.17) is 9.47 Å². The van der Waals surface area contributed by atoms with Crippen molar-refractivity contribution in [3.8, 4) is 0 Å². The van der Waals surface area contributed by atoms with Crippen LogP contribution in [-0.2, 0) is 19.1 Å². The normalized spacial score (nSPS) is 17.0. The summed E-state index contributed by atoms with van der Waals surface area (Å²) in [5, 5.41) is 4.54. The molecule has 28 heavy (non-hydrogen) atoms. The highest BCUT2D eigenvalue weighted by molar-refractivity contribution is 8.05. The topological polar surface area (TPSA) is 64.6 Å². The minimum atomic E-state index is -0.824. The van der Waals surface area contributed by atoms with E-state index in [9.17, 15) is 9.59 Å². The molecule has 1 rings (SSSR count). The van der Waals surface area contributed by atoms with Crippen LogP contribution in [0.3, 0.4) is 0 Å².